The van der Waals surface area contributed by atoms with Crippen LogP contribution in [0.1, 0.15) is 65.0 Å². The molecule has 7 heteroatoms. The van der Waals surface area contributed by atoms with Crippen molar-refractivity contribution in [2.24, 2.45) is 0 Å². The molecule has 3 rings (SSSR count). The Morgan fingerprint density at radius 3 is 2.21 bits per heavy atom. The molecule has 1 aromatic carbocycles. The van der Waals surface area contributed by atoms with E-state index in [1.54, 1.807) is 9.80 Å². The number of likely N-dealkylation sites (tertiary alicyclic amines) is 1. The Labute approximate surface area is 181 Å². The number of fused-ring (bicyclic) bond motifs is 3. The lowest BCUT2D eigenvalue weighted by Gasteiger charge is -2.38. The van der Waals surface area contributed by atoms with Crippen LogP contribution in [-0.2, 0) is 9.47 Å². The molecular formula is C22H31BrN2O4. The Hall–Kier alpha value is -1.76. The minimum Gasteiger partial charge on any atom is -0.444 e. The van der Waals surface area contributed by atoms with E-state index in [1.165, 1.54) is 0 Å². The van der Waals surface area contributed by atoms with Crippen molar-refractivity contribution >= 4 is 33.8 Å². The van der Waals surface area contributed by atoms with Crippen LogP contribution in [0.5, 0.6) is 0 Å². The van der Waals surface area contributed by atoms with E-state index in [1.807, 2.05) is 54.5 Å². The van der Waals surface area contributed by atoms with Crippen molar-refractivity contribution in [2.75, 3.05) is 18.0 Å². The second kappa shape index (κ2) is 7.49. The van der Waals surface area contributed by atoms with Crippen LogP contribution in [0, 0.1) is 6.92 Å². The molecule has 2 heterocycles. The van der Waals surface area contributed by atoms with Crippen LogP contribution < -0.4 is 4.90 Å². The molecule has 1 aromatic rings. The average Bonchev–Trinajstić information content (AvgIpc) is 2.85. The first-order valence-corrected chi connectivity index (χ1v) is 10.9. The van der Waals surface area contributed by atoms with Gasteiger partial charge in [0, 0.05) is 23.5 Å². The van der Waals surface area contributed by atoms with Crippen LogP contribution in [0.4, 0.5) is 15.3 Å². The van der Waals surface area contributed by atoms with Crippen molar-refractivity contribution in [2.45, 2.75) is 78.0 Å². The fraction of sp³-hybridized carbons (Fsp3) is 0.636. The number of piperidine rings is 1. The molecule has 2 atom stereocenters. The fourth-order valence-electron chi connectivity index (χ4n) is 4.12. The van der Waals surface area contributed by atoms with E-state index in [0.29, 0.717) is 19.5 Å². The van der Waals surface area contributed by atoms with Gasteiger partial charge in [-0.2, -0.15) is 0 Å². The molecule has 0 unspecified atom stereocenters. The van der Waals surface area contributed by atoms with Gasteiger partial charge in [0.15, 0.2) is 0 Å². The van der Waals surface area contributed by atoms with Crippen LogP contribution in [0.3, 0.4) is 0 Å². The molecule has 2 aliphatic heterocycles. The number of halogens is 1. The number of hydrogen-bond donors (Lipinski definition) is 0. The average molecular weight is 467 g/mol. The Kier molecular flexibility index (Phi) is 5.67. The molecule has 0 radical (unpaired) electrons. The first-order valence-electron chi connectivity index (χ1n) is 10.1. The topological polar surface area (TPSA) is 59.1 Å². The number of aryl methyl sites for hydroxylation is 1. The quantitative estimate of drug-likeness (QED) is 0.498. The van der Waals surface area contributed by atoms with Crippen LogP contribution in [0.15, 0.2) is 16.6 Å². The maximum atomic E-state index is 13.1. The molecule has 1 saturated heterocycles. The molecule has 1 fully saturated rings. The van der Waals surface area contributed by atoms with Gasteiger partial charge < -0.3 is 14.4 Å². The second-order valence-electron chi connectivity index (χ2n) is 9.90. The number of hydrogen-bond acceptors (Lipinski definition) is 4. The molecule has 0 N–H and O–H groups in total. The van der Waals surface area contributed by atoms with Gasteiger partial charge in [-0.25, -0.2) is 9.59 Å². The van der Waals surface area contributed by atoms with E-state index >= 15 is 0 Å². The third-order valence-electron chi connectivity index (χ3n) is 5.08. The fourth-order valence-corrected chi connectivity index (χ4v) is 4.71. The molecule has 0 aliphatic carbocycles. The maximum absolute atomic E-state index is 13.1. The Bertz CT molecular complexity index is 825. The van der Waals surface area contributed by atoms with Gasteiger partial charge >= 0.3 is 12.2 Å². The number of ether oxygens (including phenoxy) is 2. The van der Waals surface area contributed by atoms with E-state index in [9.17, 15) is 9.59 Å². The van der Waals surface area contributed by atoms with Gasteiger partial charge in [0.1, 0.15) is 11.2 Å². The summed E-state index contributed by atoms with van der Waals surface area (Å²) >= 11 is 3.58. The summed E-state index contributed by atoms with van der Waals surface area (Å²) in [5.74, 6) is 0.0231. The maximum Gasteiger partial charge on any atom is 0.415 e. The summed E-state index contributed by atoms with van der Waals surface area (Å²) in [7, 11) is 0. The molecule has 29 heavy (non-hydrogen) atoms. The first-order chi connectivity index (χ1) is 13.3. The summed E-state index contributed by atoms with van der Waals surface area (Å²) in [5.41, 5.74) is 1.88. The van der Waals surface area contributed by atoms with Crippen molar-refractivity contribution in [3.05, 3.63) is 27.7 Å². The van der Waals surface area contributed by atoms with Gasteiger partial charge in [-0.15, -0.1) is 0 Å². The minimum absolute atomic E-state index is 0.0231. The monoisotopic (exact) mass is 466 g/mol. The Balaban J connectivity index is 1.94. The highest BCUT2D eigenvalue weighted by molar-refractivity contribution is 9.10. The third kappa shape index (κ3) is 4.71. The summed E-state index contributed by atoms with van der Waals surface area (Å²) in [6, 6.07) is 4.04. The summed E-state index contributed by atoms with van der Waals surface area (Å²) in [6.45, 7) is 14.3. The molecule has 0 saturated carbocycles. The highest BCUT2D eigenvalue weighted by Gasteiger charge is 2.47. The minimum atomic E-state index is -0.574. The van der Waals surface area contributed by atoms with Crippen molar-refractivity contribution < 1.29 is 19.1 Å². The SMILES string of the molecule is Cc1cc(Br)cc2c1N(C(=O)OC(C)(C)C)[C@H]1CCN(C(=O)OC(C)(C)C)C[C@@H]21. The van der Waals surface area contributed by atoms with Crippen molar-refractivity contribution in [3.63, 3.8) is 0 Å². The van der Waals surface area contributed by atoms with Crippen LogP contribution in [0.25, 0.3) is 0 Å². The number of amides is 2. The van der Waals surface area contributed by atoms with Crippen molar-refractivity contribution in [1.29, 1.82) is 0 Å². The first kappa shape index (κ1) is 21.9. The summed E-state index contributed by atoms with van der Waals surface area (Å²) in [5, 5.41) is 0. The van der Waals surface area contributed by atoms with E-state index in [-0.39, 0.29) is 24.1 Å². The number of carbonyl (C=O) groups excluding carboxylic acids is 2. The standard InChI is InChI=1S/C22H31BrN2O4/c1-13-10-14(23)11-15-16-12-24(19(26)28-21(2,3)4)9-8-17(16)25(18(13)15)20(27)29-22(5,6)7/h10-11,16-17H,8-9,12H2,1-7H3/t16-,17-/m0/s1. The van der Waals surface area contributed by atoms with Gasteiger partial charge in [-0.3, -0.25) is 4.90 Å². The lowest BCUT2D eigenvalue weighted by molar-refractivity contribution is 0.0185. The highest BCUT2D eigenvalue weighted by atomic mass is 79.9. The van der Waals surface area contributed by atoms with Crippen LogP contribution in [-0.4, -0.2) is 47.4 Å². The molecule has 0 bridgehead atoms. The van der Waals surface area contributed by atoms with Gasteiger partial charge in [-0.05, 0) is 78.1 Å². The third-order valence-corrected chi connectivity index (χ3v) is 5.54. The number of benzene rings is 1. The zero-order valence-corrected chi connectivity index (χ0v) is 19.9. The van der Waals surface area contributed by atoms with Gasteiger partial charge in [0.2, 0.25) is 0 Å². The van der Waals surface area contributed by atoms with E-state index in [2.05, 4.69) is 22.0 Å². The molecule has 0 spiro atoms. The van der Waals surface area contributed by atoms with E-state index in [0.717, 1.165) is 21.3 Å². The molecular weight excluding hydrogens is 436 g/mol. The Morgan fingerprint density at radius 2 is 1.62 bits per heavy atom. The summed E-state index contributed by atoms with van der Waals surface area (Å²) in [4.78, 5) is 29.3. The number of rotatable bonds is 0. The number of nitrogens with zero attached hydrogens (tertiary/aromatic N) is 2. The zero-order chi connectivity index (χ0) is 21.7. The smallest absolute Gasteiger partial charge is 0.415 e. The zero-order valence-electron chi connectivity index (χ0n) is 18.3. The van der Waals surface area contributed by atoms with Crippen LogP contribution in [0.2, 0.25) is 0 Å². The largest absolute Gasteiger partial charge is 0.444 e. The lowest BCUT2D eigenvalue weighted by Crippen LogP contribution is -2.51. The molecule has 6 nitrogen and oxygen atoms in total. The van der Waals surface area contributed by atoms with Gasteiger partial charge in [0.25, 0.3) is 0 Å². The summed E-state index contributed by atoms with van der Waals surface area (Å²) < 4.78 is 12.3. The molecule has 2 amide bonds. The van der Waals surface area contributed by atoms with Gasteiger partial charge in [0.05, 0.1) is 11.7 Å². The van der Waals surface area contributed by atoms with Crippen molar-refractivity contribution in [3.8, 4) is 0 Å². The number of carbonyl (C=O) groups is 2. The predicted molar refractivity (Wildman–Crippen MR) is 117 cm³/mol. The molecule has 0 aromatic heterocycles. The van der Waals surface area contributed by atoms with Gasteiger partial charge in [-0.1, -0.05) is 15.9 Å². The highest BCUT2D eigenvalue weighted by Crippen LogP contribution is 2.48. The van der Waals surface area contributed by atoms with Crippen LogP contribution >= 0.6 is 15.9 Å². The van der Waals surface area contributed by atoms with E-state index in [4.69, 9.17) is 9.47 Å². The second-order valence-corrected chi connectivity index (χ2v) is 10.8. The molecule has 2 aliphatic rings. The Morgan fingerprint density at radius 1 is 1.03 bits per heavy atom. The molecule has 160 valence electrons. The number of anilines is 1. The lowest BCUT2D eigenvalue weighted by atomic mass is 9.89. The van der Waals surface area contributed by atoms with Crippen molar-refractivity contribution in [1.82, 2.24) is 4.90 Å². The van der Waals surface area contributed by atoms with E-state index < -0.39 is 11.2 Å². The summed E-state index contributed by atoms with van der Waals surface area (Å²) in [6.07, 6.45) is 0.0388. The normalized spacial score (nSPS) is 21.5. The predicted octanol–water partition coefficient (Wildman–Crippen LogP) is 5.61.